The van der Waals surface area contributed by atoms with Crippen molar-refractivity contribution in [3.05, 3.63) is 22.7 Å². The van der Waals surface area contributed by atoms with Crippen molar-refractivity contribution in [1.82, 2.24) is 0 Å². The van der Waals surface area contributed by atoms with Crippen LogP contribution in [0.2, 0.25) is 5.02 Å². The van der Waals surface area contributed by atoms with Crippen molar-refractivity contribution in [3.63, 3.8) is 0 Å². The fourth-order valence-electron chi connectivity index (χ4n) is 2.01. The van der Waals surface area contributed by atoms with Gasteiger partial charge in [-0.05, 0) is 40.2 Å². The second-order valence-electron chi connectivity index (χ2n) is 5.55. The van der Waals surface area contributed by atoms with Gasteiger partial charge in [-0.1, -0.05) is 24.9 Å². The van der Waals surface area contributed by atoms with E-state index in [9.17, 15) is 0 Å². The second-order valence-corrected chi connectivity index (χ2v) is 5.96. The van der Waals surface area contributed by atoms with Gasteiger partial charge in [-0.25, -0.2) is 0 Å². The lowest BCUT2D eigenvalue weighted by Crippen LogP contribution is -2.15. The molecule has 0 aliphatic carbocycles. The normalized spacial score (nSPS) is 12.8. The molecule has 0 aromatic heterocycles. The van der Waals surface area contributed by atoms with Crippen LogP contribution in [0.25, 0.3) is 0 Å². The molecule has 1 rings (SSSR count). The van der Waals surface area contributed by atoms with Crippen molar-refractivity contribution in [2.75, 3.05) is 0 Å². The maximum absolute atomic E-state index is 6.26. The van der Waals surface area contributed by atoms with Gasteiger partial charge in [0.1, 0.15) is 11.5 Å². The van der Waals surface area contributed by atoms with E-state index >= 15 is 0 Å². The van der Waals surface area contributed by atoms with Crippen LogP contribution in [0.5, 0.6) is 11.5 Å². The van der Waals surface area contributed by atoms with Gasteiger partial charge in [0.25, 0.3) is 0 Å². The van der Waals surface area contributed by atoms with Crippen molar-refractivity contribution in [2.24, 2.45) is 5.73 Å². The average molecular weight is 300 g/mol. The average Bonchev–Trinajstić information content (AvgIpc) is 2.31. The standard InChI is InChI=1S/C16H26ClNO2/c1-6-7-14(18)12-8-16(20-11(4)5)13(17)9-15(12)19-10(2)3/h8-11,14H,6-7,18H2,1-5H3. The topological polar surface area (TPSA) is 44.5 Å². The van der Waals surface area contributed by atoms with E-state index in [2.05, 4.69) is 6.92 Å². The number of nitrogens with two attached hydrogens (primary N) is 1. The third kappa shape index (κ3) is 4.88. The quantitative estimate of drug-likeness (QED) is 0.792. The first-order chi connectivity index (χ1) is 9.35. The van der Waals surface area contributed by atoms with Gasteiger partial charge in [-0.2, -0.15) is 0 Å². The Kier molecular flexibility index (Phi) is 6.63. The van der Waals surface area contributed by atoms with Crippen LogP contribution in [0.15, 0.2) is 12.1 Å². The van der Waals surface area contributed by atoms with E-state index in [-0.39, 0.29) is 18.2 Å². The van der Waals surface area contributed by atoms with Crippen LogP contribution >= 0.6 is 11.6 Å². The van der Waals surface area contributed by atoms with Crippen LogP contribution < -0.4 is 15.2 Å². The van der Waals surface area contributed by atoms with Crippen molar-refractivity contribution in [3.8, 4) is 11.5 Å². The molecular weight excluding hydrogens is 274 g/mol. The molecule has 1 aromatic carbocycles. The Morgan fingerprint density at radius 3 is 2.10 bits per heavy atom. The van der Waals surface area contributed by atoms with E-state index in [0.29, 0.717) is 10.8 Å². The van der Waals surface area contributed by atoms with Crippen molar-refractivity contribution in [1.29, 1.82) is 0 Å². The van der Waals surface area contributed by atoms with E-state index in [0.717, 1.165) is 24.2 Å². The molecule has 0 fully saturated rings. The van der Waals surface area contributed by atoms with Crippen LogP contribution in [-0.4, -0.2) is 12.2 Å². The lowest BCUT2D eigenvalue weighted by molar-refractivity contribution is 0.231. The first-order valence-electron chi connectivity index (χ1n) is 7.27. The Labute approximate surface area is 127 Å². The van der Waals surface area contributed by atoms with Crippen LogP contribution in [0, 0.1) is 0 Å². The highest BCUT2D eigenvalue weighted by atomic mass is 35.5. The fraction of sp³-hybridized carbons (Fsp3) is 0.625. The molecule has 0 bridgehead atoms. The molecule has 0 amide bonds. The third-order valence-electron chi connectivity index (χ3n) is 2.79. The van der Waals surface area contributed by atoms with Crippen molar-refractivity contribution >= 4 is 11.6 Å². The van der Waals surface area contributed by atoms with Crippen molar-refractivity contribution in [2.45, 2.75) is 65.7 Å². The molecule has 1 aromatic rings. The van der Waals surface area contributed by atoms with Crippen LogP contribution in [0.1, 0.15) is 59.1 Å². The summed E-state index contributed by atoms with van der Waals surface area (Å²) in [7, 11) is 0. The lowest BCUT2D eigenvalue weighted by Gasteiger charge is -2.21. The molecule has 1 unspecified atom stereocenters. The smallest absolute Gasteiger partial charge is 0.138 e. The summed E-state index contributed by atoms with van der Waals surface area (Å²) in [6.45, 7) is 10.0. The first-order valence-corrected chi connectivity index (χ1v) is 7.65. The number of hydrogen-bond acceptors (Lipinski definition) is 3. The summed E-state index contributed by atoms with van der Waals surface area (Å²) in [5.41, 5.74) is 7.21. The predicted molar refractivity (Wildman–Crippen MR) is 84.8 cm³/mol. The van der Waals surface area contributed by atoms with Gasteiger partial charge in [0.05, 0.1) is 17.2 Å². The minimum absolute atomic E-state index is 0.0690. The Hall–Kier alpha value is -0.930. The predicted octanol–water partition coefficient (Wildman–Crippen LogP) is 4.71. The van der Waals surface area contributed by atoms with Crippen molar-refractivity contribution < 1.29 is 9.47 Å². The molecule has 3 nitrogen and oxygen atoms in total. The summed E-state index contributed by atoms with van der Waals surface area (Å²) in [5, 5.41) is 0.557. The fourth-order valence-corrected chi connectivity index (χ4v) is 2.21. The minimum Gasteiger partial charge on any atom is -0.491 e. The molecule has 0 aliphatic rings. The molecule has 0 saturated heterocycles. The van der Waals surface area contributed by atoms with Gasteiger partial charge in [-0.15, -0.1) is 0 Å². The SMILES string of the molecule is CCCC(N)c1cc(OC(C)C)c(Cl)cc1OC(C)C. The Bertz CT molecular complexity index is 433. The number of benzene rings is 1. The molecule has 0 radical (unpaired) electrons. The molecule has 2 N–H and O–H groups in total. The van der Waals surface area contributed by atoms with Gasteiger partial charge >= 0.3 is 0 Å². The number of hydrogen-bond donors (Lipinski definition) is 1. The molecule has 114 valence electrons. The maximum atomic E-state index is 6.26. The summed E-state index contributed by atoms with van der Waals surface area (Å²) in [6, 6.07) is 3.66. The maximum Gasteiger partial charge on any atom is 0.138 e. The van der Waals surface area contributed by atoms with E-state index in [1.165, 1.54) is 0 Å². The minimum atomic E-state index is -0.0690. The van der Waals surface area contributed by atoms with Gasteiger partial charge in [0.15, 0.2) is 0 Å². The summed E-state index contributed by atoms with van der Waals surface area (Å²) in [5.74, 6) is 1.42. The van der Waals surface area contributed by atoms with Crippen LogP contribution in [0.4, 0.5) is 0 Å². The van der Waals surface area contributed by atoms with Gasteiger partial charge < -0.3 is 15.2 Å². The molecule has 4 heteroatoms. The van der Waals surface area contributed by atoms with Gasteiger partial charge in [0, 0.05) is 17.7 Å². The molecule has 0 spiro atoms. The second kappa shape index (κ2) is 7.75. The summed E-state index contributed by atoms with van der Waals surface area (Å²) in [4.78, 5) is 0. The zero-order valence-corrected chi connectivity index (χ0v) is 13.8. The summed E-state index contributed by atoms with van der Waals surface area (Å²) < 4.78 is 11.6. The Balaban J connectivity index is 3.18. The highest BCUT2D eigenvalue weighted by molar-refractivity contribution is 6.32. The lowest BCUT2D eigenvalue weighted by atomic mass is 10.0. The van der Waals surface area contributed by atoms with Gasteiger partial charge in [-0.3, -0.25) is 0 Å². The van der Waals surface area contributed by atoms with Crippen LogP contribution in [0.3, 0.4) is 0 Å². The Morgan fingerprint density at radius 2 is 1.60 bits per heavy atom. The first kappa shape index (κ1) is 17.1. The number of ether oxygens (including phenoxy) is 2. The molecule has 20 heavy (non-hydrogen) atoms. The number of halogens is 1. The van der Waals surface area contributed by atoms with Crippen LogP contribution in [-0.2, 0) is 0 Å². The zero-order chi connectivity index (χ0) is 15.3. The highest BCUT2D eigenvalue weighted by Crippen LogP contribution is 2.37. The largest absolute Gasteiger partial charge is 0.491 e. The molecule has 0 heterocycles. The third-order valence-corrected chi connectivity index (χ3v) is 3.08. The monoisotopic (exact) mass is 299 g/mol. The molecule has 0 aliphatic heterocycles. The summed E-state index contributed by atoms with van der Waals surface area (Å²) in [6.07, 6.45) is 2.07. The zero-order valence-electron chi connectivity index (χ0n) is 13.1. The highest BCUT2D eigenvalue weighted by Gasteiger charge is 2.17. The number of rotatable bonds is 7. The van der Waals surface area contributed by atoms with E-state index in [4.69, 9.17) is 26.8 Å². The van der Waals surface area contributed by atoms with E-state index in [1.807, 2.05) is 39.8 Å². The van der Waals surface area contributed by atoms with Gasteiger partial charge in [0.2, 0.25) is 0 Å². The molecular formula is C16H26ClNO2. The molecule has 1 atom stereocenters. The Morgan fingerprint density at radius 1 is 1.05 bits per heavy atom. The summed E-state index contributed by atoms with van der Waals surface area (Å²) >= 11 is 6.26. The van der Waals surface area contributed by atoms with E-state index < -0.39 is 0 Å². The molecule has 0 saturated carbocycles. The van der Waals surface area contributed by atoms with E-state index in [1.54, 1.807) is 0 Å².